The number of ketones is 1. The van der Waals surface area contributed by atoms with Gasteiger partial charge in [-0.2, -0.15) is 0 Å². The number of carbonyl (C=O) groups excluding carboxylic acids is 1. The molecule has 0 aromatic heterocycles. The summed E-state index contributed by atoms with van der Waals surface area (Å²) >= 11 is 0. The highest BCUT2D eigenvalue weighted by atomic mass is 16.5. The first kappa shape index (κ1) is 15.4. The number of rotatable bonds is 4. The number of ether oxygens (including phenoxy) is 1. The molecule has 0 spiro atoms. The predicted molar refractivity (Wildman–Crippen MR) is 72.4 cm³/mol. The molecule has 0 radical (unpaired) electrons. The van der Waals surface area contributed by atoms with Crippen molar-refractivity contribution < 1.29 is 14.6 Å². The Bertz CT molecular complexity index is 368. The summed E-state index contributed by atoms with van der Waals surface area (Å²) in [6, 6.07) is 0. The quantitative estimate of drug-likeness (QED) is 0.785. The van der Waals surface area contributed by atoms with Crippen LogP contribution in [0.1, 0.15) is 53.9 Å². The summed E-state index contributed by atoms with van der Waals surface area (Å²) in [7, 11) is 1.56. The van der Waals surface area contributed by atoms with Crippen molar-refractivity contribution in [1.82, 2.24) is 0 Å². The molecule has 0 aliphatic heterocycles. The number of methoxy groups -OCH3 is 1. The average molecular weight is 254 g/mol. The molecule has 1 aliphatic rings. The van der Waals surface area contributed by atoms with Gasteiger partial charge in [-0.05, 0) is 38.7 Å². The van der Waals surface area contributed by atoms with E-state index in [4.69, 9.17) is 4.74 Å². The van der Waals surface area contributed by atoms with Gasteiger partial charge in [0.25, 0.3) is 0 Å². The van der Waals surface area contributed by atoms with Crippen LogP contribution in [-0.2, 0) is 9.53 Å². The van der Waals surface area contributed by atoms with Crippen LogP contribution < -0.4 is 0 Å². The van der Waals surface area contributed by atoms with Gasteiger partial charge in [-0.15, -0.1) is 0 Å². The summed E-state index contributed by atoms with van der Waals surface area (Å²) in [6.45, 7) is 9.62. The highest BCUT2D eigenvalue weighted by Gasteiger charge is 2.50. The van der Waals surface area contributed by atoms with Gasteiger partial charge in [0.1, 0.15) is 6.10 Å². The summed E-state index contributed by atoms with van der Waals surface area (Å²) in [5, 5.41) is 10.8. The predicted octanol–water partition coefficient (Wildman–Crippen LogP) is 2.87. The van der Waals surface area contributed by atoms with Crippen LogP contribution in [0.15, 0.2) is 11.1 Å². The Morgan fingerprint density at radius 3 is 2.44 bits per heavy atom. The van der Waals surface area contributed by atoms with E-state index in [1.165, 1.54) is 5.57 Å². The number of Topliss-reactive ketones (excluding diaryl/α,β-unsaturated/α-hetero) is 1. The summed E-state index contributed by atoms with van der Waals surface area (Å²) in [4.78, 5) is 11.8. The van der Waals surface area contributed by atoms with Crippen LogP contribution in [0, 0.1) is 5.41 Å². The Labute approximate surface area is 110 Å². The smallest absolute Gasteiger partial charge is 0.162 e. The molecule has 18 heavy (non-hydrogen) atoms. The summed E-state index contributed by atoms with van der Waals surface area (Å²) in [5.74, 6) is 0.000257. The molecule has 0 saturated heterocycles. The standard InChI is InChI=1S/C15H26O3/c1-7-15(17)9-8-10(2)12(14(15,4)5)13(18-6)11(3)16/h13,17H,7-9H2,1-6H3/t13-,15-/m0/s1. The van der Waals surface area contributed by atoms with Gasteiger partial charge >= 0.3 is 0 Å². The molecule has 1 rings (SSSR count). The van der Waals surface area contributed by atoms with E-state index in [9.17, 15) is 9.90 Å². The van der Waals surface area contributed by atoms with Crippen LogP contribution in [-0.4, -0.2) is 29.7 Å². The van der Waals surface area contributed by atoms with Crippen molar-refractivity contribution >= 4 is 5.78 Å². The molecule has 104 valence electrons. The fourth-order valence-corrected chi connectivity index (χ4v) is 3.28. The van der Waals surface area contributed by atoms with E-state index in [2.05, 4.69) is 0 Å². The highest BCUT2D eigenvalue weighted by molar-refractivity contribution is 5.84. The molecule has 0 heterocycles. The normalized spacial score (nSPS) is 29.3. The van der Waals surface area contributed by atoms with Gasteiger partial charge in [-0.3, -0.25) is 4.79 Å². The van der Waals surface area contributed by atoms with Crippen molar-refractivity contribution in [2.45, 2.75) is 65.6 Å². The topological polar surface area (TPSA) is 46.5 Å². The van der Waals surface area contributed by atoms with Crippen molar-refractivity contribution in [1.29, 1.82) is 0 Å². The Balaban J connectivity index is 3.33. The van der Waals surface area contributed by atoms with Gasteiger partial charge in [0.15, 0.2) is 5.78 Å². The van der Waals surface area contributed by atoms with E-state index in [-0.39, 0.29) is 5.78 Å². The maximum absolute atomic E-state index is 11.8. The number of allylic oxidation sites excluding steroid dienone is 1. The minimum atomic E-state index is -0.756. The van der Waals surface area contributed by atoms with Crippen molar-refractivity contribution in [2.24, 2.45) is 5.41 Å². The molecule has 0 saturated carbocycles. The highest BCUT2D eigenvalue weighted by Crippen LogP contribution is 2.50. The van der Waals surface area contributed by atoms with Gasteiger partial charge in [0.2, 0.25) is 0 Å². The Kier molecular flexibility index (Phi) is 4.39. The third kappa shape index (κ3) is 2.26. The third-order valence-corrected chi connectivity index (χ3v) is 4.66. The zero-order valence-corrected chi connectivity index (χ0v) is 12.5. The molecule has 2 atom stereocenters. The Morgan fingerprint density at radius 1 is 1.50 bits per heavy atom. The Hall–Kier alpha value is -0.670. The van der Waals surface area contributed by atoms with Crippen LogP contribution in [0.5, 0.6) is 0 Å². The second-order valence-electron chi connectivity index (χ2n) is 5.93. The number of hydrogen-bond acceptors (Lipinski definition) is 3. The maximum Gasteiger partial charge on any atom is 0.162 e. The van der Waals surface area contributed by atoms with Crippen molar-refractivity contribution in [3.63, 3.8) is 0 Å². The van der Waals surface area contributed by atoms with Gasteiger partial charge < -0.3 is 9.84 Å². The molecule has 0 bridgehead atoms. The molecular formula is C15H26O3. The van der Waals surface area contributed by atoms with E-state index in [0.717, 1.165) is 18.4 Å². The Morgan fingerprint density at radius 2 is 2.06 bits per heavy atom. The van der Waals surface area contributed by atoms with E-state index in [0.29, 0.717) is 6.42 Å². The summed E-state index contributed by atoms with van der Waals surface area (Å²) in [6.07, 6.45) is 1.74. The lowest BCUT2D eigenvalue weighted by Crippen LogP contribution is -2.51. The summed E-state index contributed by atoms with van der Waals surface area (Å²) in [5.41, 5.74) is 0.957. The van der Waals surface area contributed by atoms with E-state index in [1.807, 2.05) is 27.7 Å². The van der Waals surface area contributed by atoms with Crippen molar-refractivity contribution in [3.8, 4) is 0 Å². The first-order chi connectivity index (χ1) is 8.21. The minimum Gasteiger partial charge on any atom is -0.389 e. The zero-order valence-electron chi connectivity index (χ0n) is 12.5. The molecule has 0 amide bonds. The van der Waals surface area contributed by atoms with Gasteiger partial charge in [-0.25, -0.2) is 0 Å². The summed E-state index contributed by atoms with van der Waals surface area (Å²) < 4.78 is 5.38. The lowest BCUT2D eigenvalue weighted by atomic mass is 9.60. The van der Waals surface area contributed by atoms with Gasteiger partial charge in [0.05, 0.1) is 5.60 Å². The van der Waals surface area contributed by atoms with Crippen LogP contribution in [0.3, 0.4) is 0 Å². The molecule has 0 unspecified atom stereocenters. The second-order valence-corrected chi connectivity index (χ2v) is 5.93. The van der Waals surface area contributed by atoms with E-state index < -0.39 is 17.1 Å². The molecule has 0 fully saturated rings. The van der Waals surface area contributed by atoms with Gasteiger partial charge in [-0.1, -0.05) is 26.3 Å². The number of carbonyl (C=O) groups is 1. The van der Waals surface area contributed by atoms with Crippen LogP contribution in [0.2, 0.25) is 0 Å². The minimum absolute atomic E-state index is 0.000257. The van der Waals surface area contributed by atoms with Crippen molar-refractivity contribution in [2.75, 3.05) is 7.11 Å². The van der Waals surface area contributed by atoms with E-state index in [1.54, 1.807) is 14.0 Å². The first-order valence-corrected chi connectivity index (χ1v) is 6.67. The number of hydrogen-bond donors (Lipinski definition) is 1. The lowest BCUT2D eigenvalue weighted by molar-refractivity contribution is -0.128. The molecule has 3 heteroatoms. The SMILES string of the molecule is CC[C@]1(O)CCC(C)=C([C@@H](OC)C(C)=O)C1(C)C. The lowest BCUT2D eigenvalue weighted by Gasteiger charge is -2.49. The van der Waals surface area contributed by atoms with Crippen LogP contribution >= 0.6 is 0 Å². The second kappa shape index (κ2) is 5.14. The average Bonchev–Trinajstić information content (AvgIpc) is 2.29. The maximum atomic E-state index is 11.8. The molecular weight excluding hydrogens is 228 g/mol. The molecule has 0 aromatic rings. The largest absolute Gasteiger partial charge is 0.389 e. The molecule has 3 nitrogen and oxygen atoms in total. The van der Waals surface area contributed by atoms with Crippen molar-refractivity contribution in [3.05, 3.63) is 11.1 Å². The fraction of sp³-hybridized carbons (Fsp3) is 0.800. The molecule has 0 aromatic carbocycles. The zero-order chi connectivity index (χ0) is 14.1. The first-order valence-electron chi connectivity index (χ1n) is 6.67. The molecule has 1 aliphatic carbocycles. The monoisotopic (exact) mass is 254 g/mol. The van der Waals surface area contributed by atoms with E-state index >= 15 is 0 Å². The fourth-order valence-electron chi connectivity index (χ4n) is 3.28. The number of aliphatic hydroxyl groups is 1. The van der Waals surface area contributed by atoms with Crippen LogP contribution in [0.25, 0.3) is 0 Å². The van der Waals surface area contributed by atoms with Crippen LogP contribution in [0.4, 0.5) is 0 Å². The third-order valence-electron chi connectivity index (χ3n) is 4.66. The van der Waals surface area contributed by atoms with Gasteiger partial charge in [0, 0.05) is 12.5 Å². The molecule has 1 N–H and O–H groups in total.